The van der Waals surface area contributed by atoms with Gasteiger partial charge in [0, 0.05) is 26.8 Å². The molecule has 0 aliphatic carbocycles. The molecular weight excluding hydrogens is 298 g/mol. The van der Waals surface area contributed by atoms with Crippen molar-refractivity contribution in [1.29, 1.82) is 0 Å². The zero-order valence-electron chi connectivity index (χ0n) is 12.0. The van der Waals surface area contributed by atoms with Crippen LogP contribution in [0.1, 0.15) is 0 Å². The van der Waals surface area contributed by atoms with E-state index in [2.05, 4.69) is 5.10 Å². The minimum Gasteiger partial charge on any atom is -0.497 e. The molecule has 0 aliphatic heterocycles. The third kappa shape index (κ3) is 2.80. The van der Waals surface area contributed by atoms with Crippen molar-refractivity contribution in [2.24, 2.45) is 0 Å². The van der Waals surface area contributed by atoms with Crippen LogP contribution in [-0.2, 0) is 14.9 Å². The lowest BCUT2D eigenvalue weighted by atomic mass is 10.2. The van der Waals surface area contributed by atoms with Crippen molar-refractivity contribution in [1.82, 2.24) is 13.5 Å². The second-order valence-electron chi connectivity index (χ2n) is 4.41. The Kier molecular flexibility index (Phi) is 4.35. The Hall–Kier alpha value is -1.84. The highest BCUT2D eigenvalue weighted by Gasteiger charge is 2.23. The van der Waals surface area contributed by atoms with Crippen LogP contribution < -0.4 is 10.3 Å². The summed E-state index contributed by atoms with van der Waals surface area (Å²) in [5.74, 6) is 0.463. The van der Waals surface area contributed by atoms with E-state index in [0.717, 1.165) is 8.39 Å². The van der Waals surface area contributed by atoms with Crippen LogP contribution in [-0.4, -0.2) is 56.3 Å². The van der Waals surface area contributed by atoms with Crippen LogP contribution in [0.5, 0.6) is 5.75 Å². The highest BCUT2D eigenvalue weighted by atomic mass is 32.2. The fourth-order valence-corrected chi connectivity index (χ4v) is 3.05. The summed E-state index contributed by atoms with van der Waals surface area (Å²) in [6.07, 6.45) is 0. The maximum Gasteiger partial charge on any atom is 0.321 e. The van der Waals surface area contributed by atoms with E-state index in [1.54, 1.807) is 6.07 Å². The Morgan fingerprint density at radius 1 is 1.33 bits per heavy atom. The predicted octanol–water partition coefficient (Wildman–Crippen LogP) is 0.00930. The third-order valence-electron chi connectivity index (χ3n) is 3.11. The zero-order chi connectivity index (χ0) is 15.6. The van der Waals surface area contributed by atoms with Crippen LogP contribution in [0.2, 0.25) is 0 Å². The number of H-pyrrole nitrogens is 1. The highest BCUT2D eigenvalue weighted by molar-refractivity contribution is 7.87. The number of aromatic nitrogens is 2. The molecule has 0 bridgehead atoms. The topological polar surface area (TPSA) is 93.6 Å². The first-order valence-electron chi connectivity index (χ1n) is 6.16. The van der Waals surface area contributed by atoms with E-state index in [9.17, 15) is 13.2 Å². The number of nitrogens with zero attached hydrogens (tertiary/aromatic N) is 2. The Morgan fingerprint density at radius 3 is 2.67 bits per heavy atom. The van der Waals surface area contributed by atoms with Gasteiger partial charge >= 0.3 is 10.2 Å². The first kappa shape index (κ1) is 15.5. The molecule has 0 saturated carbocycles. The monoisotopic (exact) mass is 315 g/mol. The number of benzene rings is 1. The van der Waals surface area contributed by atoms with Crippen molar-refractivity contribution in [3.05, 3.63) is 28.6 Å². The van der Waals surface area contributed by atoms with Gasteiger partial charge in [0.15, 0.2) is 0 Å². The van der Waals surface area contributed by atoms with Gasteiger partial charge in [-0.25, -0.2) is 5.10 Å². The van der Waals surface area contributed by atoms with Crippen molar-refractivity contribution in [3.8, 4) is 5.75 Å². The van der Waals surface area contributed by atoms with E-state index in [1.807, 2.05) is 0 Å². The summed E-state index contributed by atoms with van der Waals surface area (Å²) in [6, 6.07) is 4.62. The van der Waals surface area contributed by atoms with Gasteiger partial charge in [-0.15, -0.1) is 0 Å². The second kappa shape index (κ2) is 5.88. The molecule has 21 heavy (non-hydrogen) atoms. The maximum absolute atomic E-state index is 12.5. The third-order valence-corrected chi connectivity index (χ3v) is 4.83. The fourth-order valence-electron chi connectivity index (χ4n) is 1.87. The molecule has 8 nitrogen and oxygen atoms in total. The summed E-state index contributed by atoms with van der Waals surface area (Å²) >= 11 is 0. The van der Waals surface area contributed by atoms with Gasteiger partial charge in [0.2, 0.25) is 0 Å². The lowest BCUT2D eigenvalue weighted by Crippen LogP contribution is -2.35. The standard InChI is InChI=1S/C12H17N3O5S/c1-14(6-7-19-2)21(17,18)15-11-8-9(20-3)4-5-10(11)12(16)13-15/h4-5,8H,6-7H2,1-3H3,(H,13,16). The molecule has 1 aromatic carbocycles. The van der Waals surface area contributed by atoms with Crippen LogP contribution in [0.4, 0.5) is 0 Å². The number of hydrogen-bond acceptors (Lipinski definition) is 5. The quantitative estimate of drug-likeness (QED) is 0.810. The summed E-state index contributed by atoms with van der Waals surface area (Å²) in [5, 5.41) is 2.61. The molecule has 2 aromatic rings. The average Bonchev–Trinajstić information content (AvgIpc) is 2.81. The Balaban J connectivity index is 2.57. The summed E-state index contributed by atoms with van der Waals surface area (Å²) in [4.78, 5) is 11.9. The molecule has 0 radical (unpaired) electrons. The number of rotatable bonds is 6. The van der Waals surface area contributed by atoms with Gasteiger partial charge in [0.05, 0.1) is 24.6 Å². The molecule has 0 unspecified atom stereocenters. The summed E-state index contributed by atoms with van der Waals surface area (Å²) in [6.45, 7) is 0.424. The van der Waals surface area contributed by atoms with Crippen molar-refractivity contribution in [2.45, 2.75) is 0 Å². The van der Waals surface area contributed by atoms with Gasteiger partial charge in [-0.1, -0.05) is 0 Å². The van der Waals surface area contributed by atoms with Crippen LogP contribution in [0, 0.1) is 0 Å². The summed E-state index contributed by atoms with van der Waals surface area (Å²) in [7, 11) is 0.484. The Bertz CT molecular complexity index is 793. The minimum atomic E-state index is -3.88. The van der Waals surface area contributed by atoms with Gasteiger partial charge in [0.1, 0.15) is 5.75 Å². The number of fused-ring (bicyclic) bond motifs is 1. The molecule has 0 spiro atoms. The van der Waals surface area contributed by atoms with Crippen molar-refractivity contribution in [2.75, 3.05) is 34.4 Å². The van der Waals surface area contributed by atoms with Crippen molar-refractivity contribution >= 4 is 21.1 Å². The molecular formula is C12H17N3O5S. The highest BCUT2D eigenvalue weighted by Crippen LogP contribution is 2.19. The number of likely N-dealkylation sites (N-methyl/N-ethyl adjacent to an activating group) is 1. The molecule has 0 saturated heterocycles. The normalized spacial score (nSPS) is 12.2. The summed E-state index contributed by atoms with van der Waals surface area (Å²) in [5.41, 5.74) is -0.236. The molecule has 116 valence electrons. The van der Waals surface area contributed by atoms with Gasteiger partial charge in [-0.2, -0.15) is 16.8 Å². The first-order chi connectivity index (χ1) is 9.91. The van der Waals surface area contributed by atoms with E-state index < -0.39 is 15.8 Å². The van der Waals surface area contributed by atoms with E-state index in [0.29, 0.717) is 5.75 Å². The van der Waals surface area contributed by atoms with Gasteiger partial charge in [-0.3, -0.25) is 4.79 Å². The van der Waals surface area contributed by atoms with E-state index in [4.69, 9.17) is 9.47 Å². The van der Waals surface area contributed by atoms with E-state index >= 15 is 0 Å². The molecule has 0 amide bonds. The zero-order valence-corrected chi connectivity index (χ0v) is 12.8. The Morgan fingerprint density at radius 2 is 2.05 bits per heavy atom. The average molecular weight is 315 g/mol. The molecule has 1 aromatic heterocycles. The predicted molar refractivity (Wildman–Crippen MR) is 77.9 cm³/mol. The maximum atomic E-state index is 12.5. The molecule has 9 heteroatoms. The second-order valence-corrected chi connectivity index (χ2v) is 6.29. The smallest absolute Gasteiger partial charge is 0.321 e. The largest absolute Gasteiger partial charge is 0.497 e. The van der Waals surface area contributed by atoms with Crippen LogP contribution in [0.25, 0.3) is 10.9 Å². The van der Waals surface area contributed by atoms with Crippen molar-refractivity contribution in [3.63, 3.8) is 0 Å². The lowest BCUT2D eigenvalue weighted by molar-refractivity contribution is 0.184. The number of methoxy groups -OCH3 is 2. The molecule has 0 atom stereocenters. The SMILES string of the molecule is COCCN(C)S(=O)(=O)n1[nH]c(=O)c2ccc(OC)cc21. The number of hydrogen-bond donors (Lipinski definition) is 1. The molecule has 2 rings (SSSR count). The van der Waals surface area contributed by atoms with Gasteiger partial charge in [-0.05, 0) is 12.1 Å². The Labute approximate surface area is 122 Å². The lowest BCUT2D eigenvalue weighted by Gasteiger charge is -2.17. The number of aromatic amines is 1. The number of ether oxygens (including phenoxy) is 2. The first-order valence-corrected chi connectivity index (χ1v) is 7.56. The molecule has 0 fully saturated rings. The molecule has 1 N–H and O–H groups in total. The van der Waals surface area contributed by atoms with E-state index in [-0.39, 0.29) is 24.1 Å². The van der Waals surface area contributed by atoms with Crippen molar-refractivity contribution < 1.29 is 17.9 Å². The molecule has 1 heterocycles. The van der Waals surface area contributed by atoms with Crippen LogP contribution in [0.3, 0.4) is 0 Å². The summed E-state index contributed by atoms with van der Waals surface area (Å²) < 4.78 is 36.9. The fraction of sp³-hybridized carbons (Fsp3) is 0.417. The van der Waals surface area contributed by atoms with Crippen LogP contribution in [0.15, 0.2) is 23.0 Å². The molecule has 0 aliphatic rings. The van der Waals surface area contributed by atoms with Gasteiger partial charge < -0.3 is 9.47 Å². The van der Waals surface area contributed by atoms with Crippen LogP contribution >= 0.6 is 0 Å². The van der Waals surface area contributed by atoms with Gasteiger partial charge in [0.25, 0.3) is 5.56 Å². The van der Waals surface area contributed by atoms with E-state index in [1.165, 1.54) is 33.4 Å². The minimum absolute atomic E-state index is 0.171. The number of nitrogens with one attached hydrogen (secondary N) is 1.